The van der Waals surface area contributed by atoms with Gasteiger partial charge in [-0.2, -0.15) is 0 Å². The zero-order valence-corrected chi connectivity index (χ0v) is 22.5. The van der Waals surface area contributed by atoms with Crippen molar-refractivity contribution in [2.75, 3.05) is 13.2 Å². The number of aryl methyl sites for hydroxylation is 2. The van der Waals surface area contributed by atoms with E-state index < -0.39 is 0 Å². The van der Waals surface area contributed by atoms with Gasteiger partial charge in [-0.15, -0.1) is 13.2 Å². The standard InChI is InChI=1S/C17H26N2.C6H7N.C5H9FO.C2H4/c1-4-5-6-13-19-15(3)10-7-11-16(19)17-14(2)9-8-12-18-17;1-6-3-2-4-7-5-6;1-5(6)3-2-4-7;1-2/h4-5,8-9,12,15-16H,6-7,10-11,13H2,1-3H3;2-5H,1H3;3,7H,2,4H2,1H3;1-2H2/b5-4-;;5-3+;. The van der Waals surface area contributed by atoms with Gasteiger partial charge in [-0.05, 0) is 90.0 Å². The molecule has 194 valence electrons. The van der Waals surface area contributed by atoms with Crippen molar-refractivity contribution in [3.63, 3.8) is 0 Å². The normalized spacial score (nSPS) is 17.9. The Morgan fingerprint density at radius 2 is 1.89 bits per heavy atom. The highest BCUT2D eigenvalue weighted by Crippen LogP contribution is 2.34. The minimum absolute atomic E-state index is 0.0290. The fraction of sp³-hybridized carbons (Fsp3) is 0.467. The van der Waals surface area contributed by atoms with Gasteiger partial charge < -0.3 is 5.11 Å². The number of hydrogen-bond acceptors (Lipinski definition) is 4. The molecule has 4 nitrogen and oxygen atoms in total. The molecule has 2 unspecified atom stereocenters. The van der Waals surface area contributed by atoms with Crippen molar-refractivity contribution in [3.8, 4) is 0 Å². The summed E-state index contributed by atoms with van der Waals surface area (Å²) in [6.07, 6.45) is 16.8. The number of hydrogen-bond donors (Lipinski definition) is 1. The van der Waals surface area contributed by atoms with E-state index in [1.54, 1.807) is 6.20 Å². The van der Waals surface area contributed by atoms with Crippen LogP contribution < -0.4 is 0 Å². The molecule has 0 amide bonds. The number of nitrogens with zero attached hydrogens (tertiary/aromatic N) is 3. The van der Waals surface area contributed by atoms with Crippen LogP contribution in [0, 0.1) is 13.8 Å². The van der Waals surface area contributed by atoms with Crippen molar-refractivity contribution in [2.45, 2.75) is 78.8 Å². The number of aromatic nitrogens is 2. The van der Waals surface area contributed by atoms with Crippen LogP contribution in [0.3, 0.4) is 0 Å². The van der Waals surface area contributed by atoms with Crippen LogP contribution in [-0.4, -0.2) is 39.2 Å². The van der Waals surface area contributed by atoms with Crippen LogP contribution in [0.1, 0.15) is 75.7 Å². The topological polar surface area (TPSA) is 49.2 Å². The van der Waals surface area contributed by atoms with E-state index in [1.807, 2.05) is 37.5 Å². The van der Waals surface area contributed by atoms with Gasteiger partial charge in [0.25, 0.3) is 0 Å². The van der Waals surface area contributed by atoms with Gasteiger partial charge in [-0.3, -0.25) is 14.9 Å². The van der Waals surface area contributed by atoms with Gasteiger partial charge in [-0.25, -0.2) is 4.39 Å². The van der Waals surface area contributed by atoms with Crippen LogP contribution in [0.2, 0.25) is 0 Å². The van der Waals surface area contributed by atoms with Crippen molar-refractivity contribution >= 4 is 0 Å². The lowest BCUT2D eigenvalue weighted by atomic mass is 9.92. The van der Waals surface area contributed by atoms with E-state index in [2.05, 4.69) is 67.0 Å². The first kappa shape index (κ1) is 32.4. The van der Waals surface area contributed by atoms with Gasteiger partial charge in [0, 0.05) is 37.8 Å². The molecule has 1 fully saturated rings. The Morgan fingerprint density at radius 3 is 2.37 bits per heavy atom. The number of rotatable bonds is 6. The Morgan fingerprint density at radius 1 is 1.17 bits per heavy atom. The third kappa shape index (κ3) is 14.4. The monoisotopic (exact) mass is 483 g/mol. The molecule has 3 rings (SSSR count). The highest BCUT2D eigenvalue weighted by atomic mass is 19.1. The quantitative estimate of drug-likeness (QED) is 0.428. The SMILES string of the molecule is C/C(F)=C\CCO.C/C=C\CCN1C(C)CCCC1c1ncccc1C.C=C.Cc1cccnc1. The van der Waals surface area contributed by atoms with Crippen LogP contribution >= 0.6 is 0 Å². The molecule has 3 heterocycles. The molecule has 0 radical (unpaired) electrons. The summed E-state index contributed by atoms with van der Waals surface area (Å²) >= 11 is 0. The second kappa shape index (κ2) is 20.7. The Kier molecular flexibility index (Phi) is 19.2. The Balaban J connectivity index is 0.000000593. The number of likely N-dealkylation sites (tertiary alicyclic amines) is 1. The molecular weight excluding hydrogens is 437 g/mol. The molecule has 35 heavy (non-hydrogen) atoms. The molecule has 0 aromatic carbocycles. The molecule has 2 atom stereocenters. The molecular formula is C30H46FN3O. The Bertz CT molecular complexity index is 835. The Labute approximate surface area is 213 Å². The van der Waals surface area contributed by atoms with Crippen molar-refractivity contribution in [2.24, 2.45) is 0 Å². The zero-order chi connectivity index (χ0) is 26.5. The third-order valence-corrected chi connectivity index (χ3v) is 5.59. The molecule has 0 spiro atoms. The van der Waals surface area contributed by atoms with Crippen LogP contribution in [0.25, 0.3) is 0 Å². The predicted octanol–water partition coefficient (Wildman–Crippen LogP) is 7.71. The summed E-state index contributed by atoms with van der Waals surface area (Å²) in [5.74, 6) is -0.228. The Hall–Kier alpha value is -2.63. The minimum Gasteiger partial charge on any atom is -0.396 e. The molecule has 1 aliphatic rings. The molecule has 0 saturated carbocycles. The second-order valence-electron chi connectivity index (χ2n) is 8.43. The maximum atomic E-state index is 11.6. The first-order chi connectivity index (χ1) is 16.9. The summed E-state index contributed by atoms with van der Waals surface area (Å²) in [7, 11) is 0. The number of piperidine rings is 1. The van der Waals surface area contributed by atoms with E-state index in [0.717, 1.165) is 13.0 Å². The van der Waals surface area contributed by atoms with Crippen molar-refractivity contribution < 1.29 is 9.50 Å². The lowest BCUT2D eigenvalue weighted by molar-refractivity contribution is 0.0919. The van der Waals surface area contributed by atoms with Gasteiger partial charge in [0.15, 0.2) is 0 Å². The highest BCUT2D eigenvalue weighted by molar-refractivity contribution is 5.22. The molecule has 1 aliphatic heterocycles. The van der Waals surface area contributed by atoms with Gasteiger partial charge >= 0.3 is 0 Å². The fourth-order valence-electron chi connectivity index (χ4n) is 3.86. The van der Waals surface area contributed by atoms with Crippen molar-refractivity contribution in [3.05, 3.63) is 96.9 Å². The fourth-order valence-corrected chi connectivity index (χ4v) is 3.86. The summed E-state index contributed by atoms with van der Waals surface area (Å²) in [5.41, 5.74) is 3.83. The van der Waals surface area contributed by atoms with Gasteiger partial charge in [0.05, 0.1) is 17.6 Å². The minimum atomic E-state index is -0.228. The lowest BCUT2D eigenvalue weighted by Gasteiger charge is -2.40. The average molecular weight is 484 g/mol. The smallest absolute Gasteiger partial charge is 0.0929 e. The highest BCUT2D eigenvalue weighted by Gasteiger charge is 2.29. The first-order valence-electron chi connectivity index (χ1n) is 12.5. The van der Waals surface area contributed by atoms with E-state index >= 15 is 0 Å². The van der Waals surface area contributed by atoms with E-state index in [4.69, 9.17) is 5.11 Å². The van der Waals surface area contributed by atoms with E-state index in [-0.39, 0.29) is 12.4 Å². The molecule has 1 N–H and O–H groups in total. The molecule has 2 aromatic rings. The number of allylic oxidation sites excluding steroid dienone is 2. The largest absolute Gasteiger partial charge is 0.396 e. The number of pyridine rings is 2. The number of halogens is 1. The first-order valence-corrected chi connectivity index (χ1v) is 12.5. The van der Waals surface area contributed by atoms with E-state index in [9.17, 15) is 4.39 Å². The zero-order valence-electron chi connectivity index (χ0n) is 22.5. The van der Waals surface area contributed by atoms with Crippen LogP contribution in [0.5, 0.6) is 0 Å². The second-order valence-corrected chi connectivity index (χ2v) is 8.43. The van der Waals surface area contributed by atoms with Gasteiger partial charge in [0.1, 0.15) is 0 Å². The van der Waals surface area contributed by atoms with E-state index in [1.165, 1.54) is 49.1 Å². The summed E-state index contributed by atoms with van der Waals surface area (Å²) < 4.78 is 11.6. The lowest BCUT2D eigenvalue weighted by Crippen LogP contribution is -2.41. The third-order valence-electron chi connectivity index (χ3n) is 5.59. The van der Waals surface area contributed by atoms with Gasteiger partial charge in [-0.1, -0.05) is 30.4 Å². The van der Waals surface area contributed by atoms with Gasteiger partial charge in [0.2, 0.25) is 0 Å². The maximum Gasteiger partial charge on any atom is 0.0929 e. The molecule has 2 aromatic heterocycles. The summed E-state index contributed by atoms with van der Waals surface area (Å²) in [6, 6.07) is 9.35. The van der Waals surface area contributed by atoms with E-state index in [0.29, 0.717) is 18.5 Å². The molecule has 5 heteroatoms. The molecule has 0 aliphatic carbocycles. The van der Waals surface area contributed by atoms with Crippen LogP contribution in [0.4, 0.5) is 4.39 Å². The van der Waals surface area contributed by atoms with Crippen molar-refractivity contribution in [1.29, 1.82) is 0 Å². The average Bonchev–Trinajstić information content (AvgIpc) is 2.87. The predicted molar refractivity (Wildman–Crippen MR) is 148 cm³/mol. The maximum absolute atomic E-state index is 11.6. The molecule has 1 saturated heterocycles. The number of aliphatic hydroxyl groups excluding tert-OH is 1. The molecule has 0 bridgehead atoms. The van der Waals surface area contributed by atoms with Crippen LogP contribution in [-0.2, 0) is 0 Å². The number of aliphatic hydroxyl groups is 1. The van der Waals surface area contributed by atoms with Crippen LogP contribution in [0.15, 0.2) is 80.1 Å². The summed E-state index contributed by atoms with van der Waals surface area (Å²) in [6.45, 7) is 17.2. The summed E-state index contributed by atoms with van der Waals surface area (Å²) in [4.78, 5) is 11.2. The van der Waals surface area contributed by atoms with Crippen molar-refractivity contribution in [1.82, 2.24) is 14.9 Å². The summed E-state index contributed by atoms with van der Waals surface area (Å²) in [5, 5.41) is 8.10.